The van der Waals surface area contributed by atoms with Crippen LogP contribution in [0.1, 0.15) is 12.0 Å². The summed E-state index contributed by atoms with van der Waals surface area (Å²) in [6.45, 7) is 8.31. The molecule has 0 N–H and O–H groups in total. The predicted octanol–water partition coefficient (Wildman–Crippen LogP) is 2.52. The number of thiazole rings is 1. The SMILES string of the molecule is Cc1ccc2nc(N3CCC(N4CCOCC4)C3)sc2c1. The van der Waals surface area contributed by atoms with Gasteiger partial charge in [-0.3, -0.25) is 4.90 Å². The summed E-state index contributed by atoms with van der Waals surface area (Å²) >= 11 is 1.83. The van der Waals surface area contributed by atoms with Crippen LogP contribution in [0.3, 0.4) is 0 Å². The molecule has 21 heavy (non-hydrogen) atoms. The fraction of sp³-hybridized carbons (Fsp3) is 0.562. The molecule has 2 aromatic rings. The molecule has 1 atom stereocenters. The number of aromatic nitrogens is 1. The number of nitrogens with zero attached hydrogens (tertiary/aromatic N) is 3. The van der Waals surface area contributed by atoms with E-state index in [1.54, 1.807) is 0 Å². The van der Waals surface area contributed by atoms with Gasteiger partial charge >= 0.3 is 0 Å². The van der Waals surface area contributed by atoms with Gasteiger partial charge in [0.05, 0.1) is 23.4 Å². The number of hydrogen-bond donors (Lipinski definition) is 0. The zero-order valence-electron chi connectivity index (χ0n) is 12.4. The average Bonchev–Trinajstić information content (AvgIpc) is 3.14. The van der Waals surface area contributed by atoms with E-state index in [0.29, 0.717) is 6.04 Å². The fourth-order valence-corrected chi connectivity index (χ4v) is 4.41. The van der Waals surface area contributed by atoms with Crippen LogP contribution in [0, 0.1) is 6.92 Å². The molecule has 1 aromatic carbocycles. The van der Waals surface area contributed by atoms with E-state index in [1.165, 1.54) is 21.8 Å². The van der Waals surface area contributed by atoms with Crippen molar-refractivity contribution in [1.29, 1.82) is 0 Å². The van der Waals surface area contributed by atoms with E-state index in [1.807, 2.05) is 11.3 Å². The van der Waals surface area contributed by atoms with E-state index in [0.717, 1.165) is 44.9 Å². The third kappa shape index (κ3) is 2.65. The van der Waals surface area contributed by atoms with Crippen LogP contribution in [-0.4, -0.2) is 55.3 Å². The third-order valence-electron chi connectivity index (χ3n) is 4.53. The van der Waals surface area contributed by atoms with Gasteiger partial charge in [0, 0.05) is 32.2 Å². The van der Waals surface area contributed by atoms with E-state index in [9.17, 15) is 0 Å². The Morgan fingerprint density at radius 1 is 1.24 bits per heavy atom. The van der Waals surface area contributed by atoms with Crippen LogP contribution in [0.4, 0.5) is 5.13 Å². The number of ether oxygens (including phenoxy) is 1. The molecule has 0 bridgehead atoms. The van der Waals surface area contributed by atoms with Gasteiger partial charge in [0.1, 0.15) is 0 Å². The van der Waals surface area contributed by atoms with Crippen molar-refractivity contribution in [3.8, 4) is 0 Å². The highest BCUT2D eigenvalue weighted by atomic mass is 32.1. The number of fused-ring (bicyclic) bond motifs is 1. The lowest BCUT2D eigenvalue weighted by atomic mass is 10.2. The number of anilines is 1. The first-order valence-electron chi connectivity index (χ1n) is 7.73. The summed E-state index contributed by atoms with van der Waals surface area (Å²) in [5.74, 6) is 0. The minimum absolute atomic E-state index is 0.669. The Kier molecular flexibility index (Phi) is 3.57. The number of benzene rings is 1. The van der Waals surface area contributed by atoms with Crippen molar-refractivity contribution >= 4 is 26.7 Å². The Morgan fingerprint density at radius 3 is 2.95 bits per heavy atom. The number of rotatable bonds is 2. The zero-order valence-corrected chi connectivity index (χ0v) is 13.2. The largest absolute Gasteiger partial charge is 0.379 e. The molecule has 3 heterocycles. The summed E-state index contributed by atoms with van der Waals surface area (Å²) in [7, 11) is 0. The van der Waals surface area contributed by atoms with E-state index < -0.39 is 0 Å². The zero-order chi connectivity index (χ0) is 14.2. The molecule has 2 saturated heterocycles. The monoisotopic (exact) mass is 303 g/mol. The van der Waals surface area contributed by atoms with Crippen LogP contribution >= 0.6 is 11.3 Å². The number of morpholine rings is 1. The lowest BCUT2D eigenvalue weighted by Crippen LogP contribution is -2.44. The maximum atomic E-state index is 5.46. The van der Waals surface area contributed by atoms with Crippen molar-refractivity contribution in [3.05, 3.63) is 23.8 Å². The molecule has 2 aliphatic heterocycles. The summed E-state index contributed by atoms with van der Waals surface area (Å²) in [6.07, 6.45) is 1.24. The molecule has 0 saturated carbocycles. The molecule has 2 fully saturated rings. The summed E-state index contributed by atoms with van der Waals surface area (Å²) in [5.41, 5.74) is 2.45. The van der Waals surface area contributed by atoms with Crippen molar-refractivity contribution in [2.45, 2.75) is 19.4 Å². The minimum atomic E-state index is 0.669. The maximum absolute atomic E-state index is 5.46. The van der Waals surface area contributed by atoms with Gasteiger partial charge in [0.2, 0.25) is 0 Å². The highest BCUT2D eigenvalue weighted by Gasteiger charge is 2.30. The molecule has 5 heteroatoms. The summed E-state index contributed by atoms with van der Waals surface area (Å²) in [5, 5.41) is 1.19. The minimum Gasteiger partial charge on any atom is -0.379 e. The van der Waals surface area contributed by atoms with Gasteiger partial charge in [0.15, 0.2) is 5.13 Å². The van der Waals surface area contributed by atoms with E-state index in [-0.39, 0.29) is 0 Å². The van der Waals surface area contributed by atoms with Crippen LogP contribution in [0.25, 0.3) is 10.2 Å². The average molecular weight is 303 g/mol. The second-order valence-corrected chi connectivity index (χ2v) is 7.01. The lowest BCUT2D eigenvalue weighted by Gasteiger charge is -2.32. The molecule has 0 spiro atoms. The predicted molar refractivity (Wildman–Crippen MR) is 87.4 cm³/mol. The summed E-state index contributed by atoms with van der Waals surface area (Å²) in [4.78, 5) is 9.86. The molecule has 2 aliphatic rings. The number of hydrogen-bond acceptors (Lipinski definition) is 5. The Bertz CT molecular complexity index is 635. The first-order valence-corrected chi connectivity index (χ1v) is 8.55. The topological polar surface area (TPSA) is 28.6 Å². The lowest BCUT2D eigenvalue weighted by molar-refractivity contribution is 0.0209. The standard InChI is InChI=1S/C16H21N3OS/c1-12-2-3-14-15(10-12)21-16(17-14)19-5-4-13(11-19)18-6-8-20-9-7-18/h2-3,10,13H,4-9,11H2,1H3. The molecule has 1 aromatic heterocycles. The van der Waals surface area contributed by atoms with Crippen molar-refractivity contribution < 1.29 is 4.74 Å². The van der Waals surface area contributed by atoms with Gasteiger partial charge in [-0.2, -0.15) is 0 Å². The molecule has 4 nitrogen and oxygen atoms in total. The van der Waals surface area contributed by atoms with Crippen LogP contribution < -0.4 is 4.90 Å². The first-order chi connectivity index (χ1) is 10.3. The number of aryl methyl sites for hydroxylation is 1. The van der Waals surface area contributed by atoms with Crippen molar-refractivity contribution in [1.82, 2.24) is 9.88 Å². The normalized spacial score (nSPS) is 24.0. The van der Waals surface area contributed by atoms with Crippen LogP contribution in [0.15, 0.2) is 18.2 Å². The second-order valence-electron chi connectivity index (χ2n) is 6.00. The van der Waals surface area contributed by atoms with Crippen LogP contribution in [-0.2, 0) is 4.74 Å². The molecule has 1 unspecified atom stereocenters. The highest BCUT2D eigenvalue weighted by Crippen LogP contribution is 2.32. The Labute approximate surface area is 129 Å². The van der Waals surface area contributed by atoms with Gasteiger partial charge in [-0.15, -0.1) is 0 Å². The van der Waals surface area contributed by atoms with Crippen molar-refractivity contribution in [2.75, 3.05) is 44.3 Å². The van der Waals surface area contributed by atoms with Crippen LogP contribution in [0.2, 0.25) is 0 Å². The van der Waals surface area contributed by atoms with E-state index >= 15 is 0 Å². The maximum Gasteiger partial charge on any atom is 0.186 e. The van der Waals surface area contributed by atoms with E-state index in [4.69, 9.17) is 9.72 Å². The van der Waals surface area contributed by atoms with Crippen LogP contribution in [0.5, 0.6) is 0 Å². The molecular formula is C16H21N3OS. The molecule has 0 amide bonds. The highest BCUT2D eigenvalue weighted by molar-refractivity contribution is 7.22. The van der Waals surface area contributed by atoms with Gasteiger partial charge in [-0.25, -0.2) is 4.98 Å². The summed E-state index contributed by atoms with van der Waals surface area (Å²) < 4.78 is 6.76. The third-order valence-corrected chi connectivity index (χ3v) is 5.61. The first kappa shape index (κ1) is 13.5. The molecule has 4 rings (SSSR count). The van der Waals surface area contributed by atoms with Gasteiger partial charge in [0.25, 0.3) is 0 Å². The van der Waals surface area contributed by atoms with Gasteiger partial charge in [-0.1, -0.05) is 17.4 Å². The Hall–Kier alpha value is -1.17. The van der Waals surface area contributed by atoms with Gasteiger partial charge < -0.3 is 9.64 Å². The molecule has 0 radical (unpaired) electrons. The Morgan fingerprint density at radius 2 is 2.10 bits per heavy atom. The molecule has 0 aliphatic carbocycles. The molecular weight excluding hydrogens is 282 g/mol. The van der Waals surface area contributed by atoms with E-state index in [2.05, 4.69) is 34.9 Å². The smallest absolute Gasteiger partial charge is 0.186 e. The van der Waals surface area contributed by atoms with Gasteiger partial charge in [-0.05, 0) is 31.0 Å². The van der Waals surface area contributed by atoms with Crippen molar-refractivity contribution in [3.63, 3.8) is 0 Å². The van der Waals surface area contributed by atoms with Crippen molar-refractivity contribution in [2.24, 2.45) is 0 Å². The Balaban J connectivity index is 1.50. The quantitative estimate of drug-likeness (QED) is 0.852. The second kappa shape index (κ2) is 5.55. The fourth-order valence-electron chi connectivity index (χ4n) is 3.31. The summed E-state index contributed by atoms with van der Waals surface area (Å²) in [6, 6.07) is 7.20. The molecule has 112 valence electrons.